The van der Waals surface area contributed by atoms with E-state index in [1.54, 1.807) is 29.2 Å². The van der Waals surface area contributed by atoms with Gasteiger partial charge < -0.3 is 10.0 Å². The van der Waals surface area contributed by atoms with E-state index < -0.39 is 0 Å². The van der Waals surface area contributed by atoms with Gasteiger partial charge in [0.25, 0.3) is 5.91 Å². The zero-order valence-corrected chi connectivity index (χ0v) is 15.1. The summed E-state index contributed by atoms with van der Waals surface area (Å²) < 4.78 is 1.47. The summed E-state index contributed by atoms with van der Waals surface area (Å²) in [4.78, 5) is 27.5. The van der Waals surface area contributed by atoms with Crippen LogP contribution in [0.4, 0.5) is 0 Å². The molecule has 0 radical (unpaired) electrons. The normalized spacial score (nSPS) is 14.8. The Morgan fingerprint density at radius 3 is 2.39 bits per heavy atom. The van der Waals surface area contributed by atoms with Gasteiger partial charge in [-0.05, 0) is 59.7 Å². The molecule has 1 saturated heterocycles. The van der Waals surface area contributed by atoms with Gasteiger partial charge in [-0.1, -0.05) is 12.1 Å². The maximum absolute atomic E-state index is 13.0. The van der Waals surface area contributed by atoms with Gasteiger partial charge in [0, 0.05) is 24.6 Å². The minimum Gasteiger partial charge on any atom is -0.508 e. The highest BCUT2D eigenvalue weighted by Crippen LogP contribution is 2.25. The molecule has 1 fully saturated rings. The minimum absolute atomic E-state index is 0.0567. The standard InChI is InChI=1S/C20H19N5O3/c26-16-7-5-14(6-8-16)19(27)15-9-11-24(12-10-15)20(28)17-3-1-2-4-18(17)25-13-21-22-23-25/h1-8,13,15,26H,9-12H2. The molecule has 2 aromatic carbocycles. The fourth-order valence-corrected chi connectivity index (χ4v) is 3.50. The first-order valence-corrected chi connectivity index (χ1v) is 9.08. The number of nitrogens with zero attached hydrogens (tertiary/aromatic N) is 5. The molecule has 0 spiro atoms. The first kappa shape index (κ1) is 17.8. The Kier molecular flexibility index (Phi) is 4.84. The van der Waals surface area contributed by atoms with E-state index in [0.717, 1.165) is 0 Å². The Labute approximate surface area is 161 Å². The number of benzene rings is 2. The van der Waals surface area contributed by atoms with Crippen molar-refractivity contribution in [3.05, 3.63) is 66.0 Å². The van der Waals surface area contributed by atoms with E-state index in [1.807, 2.05) is 12.1 Å². The molecule has 2 heterocycles. The lowest BCUT2D eigenvalue weighted by Crippen LogP contribution is -2.40. The summed E-state index contributed by atoms with van der Waals surface area (Å²) in [6.07, 6.45) is 2.67. The number of phenolic OH excluding ortho intramolecular Hbond substituents is 1. The highest BCUT2D eigenvalue weighted by molar-refractivity contribution is 5.99. The van der Waals surface area contributed by atoms with Gasteiger partial charge in [-0.3, -0.25) is 9.59 Å². The van der Waals surface area contributed by atoms with Crippen molar-refractivity contribution in [3.8, 4) is 11.4 Å². The molecule has 0 aliphatic carbocycles. The van der Waals surface area contributed by atoms with Crippen molar-refractivity contribution >= 4 is 11.7 Å². The second kappa shape index (κ2) is 7.59. The number of carbonyl (C=O) groups is 2. The Bertz CT molecular complexity index is 977. The molecule has 0 atom stereocenters. The molecule has 8 heteroatoms. The predicted octanol–water partition coefficient (Wildman–Crippen LogP) is 2.10. The highest BCUT2D eigenvalue weighted by atomic mass is 16.3. The van der Waals surface area contributed by atoms with E-state index in [9.17, 15) is 14.7 Å². The quantitative estimate of drug-likeness (QED) is 0.699. The lowest BCUT2D eigenvalue weighted by molar-refractivity contribution is 0.0650. The van der Waals surface area contributed by atoms with Crippen molar-refractivity contribution in [1.29, 1.82) is 0 Å². The molecule has 3 aromatic rings. The third kappa shape index (κ3) is 3.48. The van der Waals surface area contributed by atoms with Gasteiger partial charge in [0.05, 0.1) is 11.3 Å². The molecule has 1 aliphatic rings. The SMILES string of the molecule is O=C(c1ccc(O)cc1)C1CCN(C(=O)c2ccccc2-n2cnnn2)CC1. The predicted molar refractivity (Wildman–Crippen MR) is 100 cm³/mol. The van der Waals surface area contributed by atoms with Crippen LogP contribution in [0.5, 0.6) is 5.75 Å². The number of para-hydroxylation sites is 1. The summed E-state index contributed by atoms with van der Waals surface area (Å²) in [6, 6.07) is 13.5. The number of Topliss-reactive ketones (excluding diaryl/α,β-unsaturated/α-hetero) is 1. The second-order valence-corrected chi connectivity index (χ2v) is 6.75. The highest BCUT2D eigenvalue weighted by Gasteiger charge is 2.29. The number of hydrogen-bond donors (Lipinski definition) is 1. The molecule has 142 valence electrons. The Balaban J connectivity index is 1.45. The first-order chi connectivity index (χ1) is 13.6. The van der Waals surface area contributed by atoms with E-state index >= 15 is 0 Å². The fraction of sp³-hybridized carbons (Fsp3) is 0.250. The molecule has 4 rings (SSSR count). The van der Waals surface area contributed by atoms with Crippen LogP contribution in [-0.2, 0) is 0 Å². The molecule has 0 unspecified atom stereocenters. The van der Waals surface area contributed by atoms with Crippen LogP contribution in [-0.4, -0.2) is 55.0 Å². The topological polar surface area (TPSA) is 101 Å². The molecular weight excluding hydrogens is 358 g/mol. The first-order valence-electron chi connectivity index (χ1n) is 9.08. The van der Waals surface area contributed by atoms with Gasteiger partial charge in [-0.15, -0.1) is 5.10 Å². The van der Waals surface area contributed by atoms with Gasteiger partial charge >= 0.3 is 0 Å². The average molecular weight is 377 g/mol. The smallest absolute Gasteiger partial charge is 0.256 e. The zero-order chi connectivity index (χ0) is 19.5. The molecule has 1 amide bonds. The van der Waals surface area contributed by atoms with Crippen LogP contribution in [0.25, 0.3) is 5.69 Å². The van der Waals surface area contributed by atoms with Gasteiger partial charge in [0.2, 0.25) is 0 Å². The maximum atomic E-state index is 13.0. The molecular formula is C20H19N5O3. The van der Waals surface area contributed by atoms with Gasteiger partial charge in [0.1, 0.15) is 12.1 Å². The monoisotopic (exact) mass is 377 g/mol. The van der Waals surface area contributed by atoms with Crippen LogP contribution in [0.3, 0.4) is 0 Å². The number of likely N-dealkylation sites (tertiary alicyclic amines) is 1. The summed E-state index contributed by atoms with van der Waals surface area (Å²) in [5.74, 6) is -0.0237. The fourth-order valence-electron chi connectivity index (χ4n) is 3.50. The van der Waals surface area contributed by atoms with Gasteiger partial charge in [-0.25, -0.2) is 0 Å². The number of hydrogen-bond acceptors (Lipinski definition) is 6. The molecule has 1 aliphatic heterocycles. The zero-order valence-electron chi connectivity index (χ0n) is 15.1. The largest absolute Gasteiger partial charge is 0.508 e. The number of aromatic nitrogens is 4. The van der Waals surface area contributed by atoms with E-state index in [4.69, 9.17) is 0 Å². The van der Waals surface area contributed by atoms with Gasteiger partial charge in [-0.2, -0.15) is 4.68 Å². The Morgan fingerprint density at radius 1 is 1.00 bits per heavy atom. The summed E-state index contributed by atoms with van der Waals surface area (Å²) in [5.41, 5.74) is 1.74. The third-order valence-electron chi connectivity index (χ3n) is 5.04. The van der Waals surface area contributed by atoms with Crippen LogP contribution < -0.4 is 0 Å². The lowest BCUT2D eigenvalue weighted by Gasteiger charge is -2.31. The number of aromatic hydroxyl groups is 1. The van der Waals surface area contributed by atoms with Crippen molar-refractivity contribution in [2.75, 3.05) is 13.1 Å². The van der Waals surface area contributed by atoms with Crippen LogP contribution in [0, 0.1) is 5.92 Å². The van der Waals surface area contributed by atoms with E-state index in [2.05, 4.69) is 15.5 Å². The number of carbonyl (C=O) groups excluding carboxylic acids is 2. The maximum Gasteiger partial charge on any atom is 0.256 e. The van der Waals surface area contributed by atoms with Crippen LogP contribution in [0.1, 0.15) is 33.6 Å². The third-order valence-corrected chi connectivity index (χ3v) is 5.04. The number of phenols is 1. The number of piperidine rings is 1. The minimum atomic E-state index is -0.122. The van der Waals surface area contributed by atoms with Crippen LogP contribution in [0.2, 0.25) is 0 Å². The van der Waals surface area contributed by atoms with Crippen LogP contribution >= 0.6 is 0 Å². The molecule has 1 N–H and O–H groups in total. The number of ketones is 1. The van der Waals surface area contributed by atoms with Crippen LogP contribution in [0.15, 0.2) is 54.9 Å². The van der Waals surface area contributed by atoms with Crippen molar-refractivity contribution in [1.82, 2.24) is 25.1 Å². The summed E-state index contributed by atoms with van der Waals surface area (Å²) >= 11 is 0. The molecule has 0 bridgehead atoms. The Morgan fingerprint density at radius 2 is 1.71 bits per heavy atom. The van der Waals surface area contributed by atoms with E-state index in [0.29, 0.717) is 42.7 Å². The second-order valence-electron chi connectivity index (χ2n) is 6.75. The number of tetrazole rings is 1. The van der Waals surface area contributed by atoms with Crippen molar-refractivity contribution in [3.63, 3.8) is 0 Å². The number of amides is 1. The molecule has 0 saturated carbocycles. The molecule has 8 nitrogen and oxygen atoms in total. The van der Waals surface area contributed by atoms with Crippen molar-refractivity contribution in [2.45, 2.75) is 12.8 Å². The summed E-state index contributed by atoms with van der Waals surface area (Å²) in [6.45, 7) is 1.02. The Hall–Kier alpha value is -3.55. The summed E-state index contributed by atoms with van der Waals surface area (Å²) in [5, 5.41) is 20.5. The van der Waals surface area contributed by atoms with Crippen molar-refractivity contribution in [2.24, 2.45) is 5.92 Å². The number of rotatable bonds is 4. The lowest BCUT2D eigenvalue weighted by atomic mass is 9.88. The molecule has 1 aromatic heterocycles. The average Bonchev–Trinajstić information content (AvgIpc) is 3.28. The van der Waals surface area contributed by atoms with Gasteiger partial charge in [0.15, 0.2) is 5.78 Å². The molecule has 28 heavy (non-hydrogen) atoms. The van der Waals surface area contributed by atoms with E-state index in [1.165, 1.54) is 23.1 Å². The van der Waals surface area contributed by atoms with Crippen molar-refractivity contribution < 1.29 is 14.7 Å². The summed E-state index contributed by atoms with van der Waals surface area (Å²) in [7, 11) is 0. The van der Waals surface area contributed by atoms with E-state index in [-0.39, 0.29) is 23.4 Å².